The van der Waals surface area contributed by atoms with Gasteiger partial charge in [-0.15, -0.1) is 0 Å². The first-order chi connectivity index (χ1) is 18.0. The number of esters is 1. The number of carbonyl (C=O) groups is 4. The van der Waals surface area contributed by atoms with Crippen molar-refractivity contribution in [3.8, 4) is 5.75 Å². The molecule has 38 heavy (non-hydrogen) atoms. The molecule has 3 fully saturated rings. The molecule has 10 heteroatoms. The Morgan fingerprint density at radius 1 is 1.21 bits per heavy atom. The van der Waals surface area contributed by atoms with Crippen molar-refractivity contribution < 1.29 is 33.4 Å². The molecule has 0 radical (unpaired) electrons. The van der Waals surface area contributed by atoms with Crippen LogP contribution in [0.4, 0.5) is 0 Å². The highest BCUT2D eigenvalue weighted by atomic mass is 16.7. The fourth-order valence-corrected chi connectivity index (χ4v) is 5.97. The number of piperidine rings is 1. The van der Waals surface area contributed by atoms with Crippen molar-refractivity contribution in [2.45, 2.75) is 90.8 Å². The number of hydrogen-bond acceptors (Lipinski definition) is 7. The molecule has 1 saturated carbocycles. The van der Waals surface area contributed by atoms with Gasteiger partial charge in [0, 0.05) is 23.8 Å². The summed E-state index contributed by atoms with van der Waals surface area (Å²) in [6, 6.07) is 2.99. The van der Waals surface area contributed by atoms with E-state index in [0.29, 0.717) is 23.5 Å². The molecule has 3 amide bonds. The largest absolute Gasteiger partial charge is 0.496 e. The Balaban J connectivity index is 1.56. The maximum absolute atomic E-state index is 14.1. The lowest BCUT2D eigenvalue weighted by atomic mass is 9.84. The van der Waals surface area contributed by atoms with Gasteiger partial charge in [-0.1, -0.05) is 26.8 Å². The van der Waals surface area contributed by atoms with E-state index < -0.39 is 35.8 Å². The molecule has 2 heterocycles. The minimum absolute atomic E-state index is 0.0180. The van der Waals surface area contributed by atoms with Crippen LogP contribution >= 0.6 is 0 Å². The van der Waals surface area contributed by atoms with Gasteiger partial charge in [0.1, 0.15) is 23.9 Å². The van der Waals surface area contributed by atoms with Gasteiger partial charge in [-0.25, -0.2) is 0 Å². The van der Waals surface area contributed by atoms with Gasteiger partial charge >= 0.3 is 5.97 Å². The molecule has 2 bridgehead atoms. The van der Waals surface area contributed by atoms with E-state index in [2.05, 4.69) is 10.6 Å². The molecular formula is C28H39N3O7. The van der Waals surface area contributed by atoms with Crippen molar-refractivity contribution in [3.05, 3.63) is 29.3 Å². The number of fused-ring (bicyclic) bond motifs is 2. The van der Waals surface area contributed by atoms with Crippen molar-refractivity contribution in [3.63, 3.8) is 0 Å². The van der Waals surface area contributed by atoms with Gasteiger partial charge < -0.3 is 29.7 Å². The van der Waals surface area contributed by atoms with E-state index in [9.17, 15) is 19.2 Å². The fourth-order valence-electron chi connectivity index (χ4n) is 5.97. The zero-order valence-corrected chi connectivity index (χ0v) is 23.0. The molecule has 10 nitrogen and oxygen atoms in total. The standard InChI is InChI=1S/C28H39N3O7/c1-7-37-27-19(14-21(32)38-27)29-25(34)22-16-11-12-17(13-16)31(22)26(35)23(28(3,4)5)30-24(33)18-9-8-10-20(36-6)15(18)2/h8-10,16-17,19,22-23,27H,7,11-14H2,1-6H3,(H,29,34)(H,30,33)/t16-,17-,19?,22-,23+,27+/m0/s1. The van der Waals surface area contributed by atoms with Crippen LogP contribution in [0.5, 0.6) is 5.75 Å². The number of likely N-dealkylation sites (tertiary alicyclic amines) is 1. The SMILES string of the molecule is CCO[C@@H]1OC(=O)CC1NC(=O)[C@@H]1[C@H]2CC[C@@H](C2)N1C(=O)[C@@H](NC(=O)c1cccc(OC)c1C)C(C)(C)C. The number of amides is 3. The third-order valence-electron chi connectivity index (χ3n) is 7.87. The number of carbonyl (C=O) groups excluding carboxylic acids is 4. The molecule has 1 aliphatic carbocycles. The van der Waals surface area contributed by atoms with Gasteiger partial charge in [-0.05, 0) is 56.6 Å². The summed E-state index contributed by atoms with van der Waals surface area (Å²) in [4.78, 5) is 54.6. The van der Waals surface area contributed by atoms with Gasteiger partial charge in [0.25, 0.3) is 5.91 Å². The van der Waals surface area contributed by atoms with Crippen molar-refractivity contribution >= 4 is 23.7 Å². The van der Waals surface area contributed by atoms with Crippen LogP contribution in [-0.2, 0) is 23.9 Å². The van der Waals surface area contributed by atoms with Crippen molar-refractivity contribution in [1.82, 2.24) is 15.5 Å². The lowest BCUT2D eigenvalue weighted by molar-refractivity contribution is -0.165. The van der Waals surface area contributed by atoms with E-state index in [4.69, 9.17) is 14.2 Å². The second-order valence-electron chi connectivity index (χ2n) is 11.5. The molecule has 2 N–H and O–H groups in total. The lowest BCUT2D eigenvalue weighted by Gasteiger charge is -2.40. The number of cyclic esters (lactones) is 1. The number of benzene rings is 1. The Bertz CT molecular complexity index is 1100. The van der Waals surface area contributed by atoms with E-state index in [1.807, 2.05) is 20.8 Å². The topological polar surface area (TPSA) is 123 Å². The van der Waals surface area contributed by atoms with Crippen LogP contribution in [0.2, 0.25) is 0 Å². The number of hydrogen-bond donors (Lipinski definition) is 2. The highest BCUT2D eigenvalue weighted by molar-refractivity contribution is 6.00. The van der Waals surface area contributed by atoms with Gasteiger partial charge in [0.2, 0.25) is 18.1 Å². The van der Waals surface area contributed by atoms with E-state index in [1.165, 1.54) is 0 Å². The second-order valence-corrected chi connectivity index (χ2v) is 11.5. The molecule has 3 aliphatic rings. The molecule has 0 aromatic heterocycles. The third-order valence-corrected chi connectivity index (χ3v) is 7.87. The average Bonchev–Trinajstić information content (AvgIpc) is 3.56. The summed E-state index contributed by atoms with van der Waals surface area (Å²) in [5, 5.41) is 5.88. The summed E-state index contributed by atoms with van der Waals surface area (Å²) in [5.74, 6) is -0.798. The van der Waals surface area contributed by atoms with Crippen molar-refractivity contribution in [2.75, 3.05) is 13.7 Å². The third kappa shape index (κ3) is 5.36. The number of nitrogens with one attached hydrogen (secondary N) is 2. The average molecular weight is 530 g/mol. The number of rotatable bonds is 8. The first-order valence-corrected chi connectivity index (χ1v) is 13.3. The predicted molar refractivity (Wildman–Crippen MR) is 138 cm³/mol. The van der Waals surface area contributed by atoms with E-state index in [1.54, 1.807) is 44.1 Å². The Hall–Kier alpha value is -3.14. The van der Waals surface area contributed by atoms with Crippen LogP contribution in [-0.4, -0.2) is 72.8 Å². The Kier molecular flexibility index (Phi) is 8.01. The summed E-state index contributed by atoms with van der Waals surface area (Å²) in [5.41, 5.74) is 0.493. The zero-order valence-electron chi connectivity index (χ0n) is 23.0. The molecule has 2 aliphatic heterocycles. The molecule has 208 valence electrons. The van der Waals surface area contributed by atoms with E-state index in [-0.39, 0.29) is 36.1 Å². The maximum Gasteiger partial charge on any atom is 0.310 e. The van der Waals surface area contributed by atoms with Gasteiger partial charge in [-0.2, -0.15) is 0 Å². The number of nitrogens with zero attached hydrogens (tertiary/aromatic N) is 1. The highest BCUT2D eigenvalue weighted by Crippen LogP contribution is 2.44. The van der Waals surface area contributed by atoms with Crippen LogP contribution in [0, 0.1) is 18.3 Å². The van der Waals surface area contributed by atoms with Crippen LogP contribution in [0.1, 0.15) is 69.3 Å². The van der Waals surface area contributed by atoms with Gasteiger partial charge in [0.15, 0.2) is 0 Å². The number of ether oxygens (including phenoxy) is 3. The first kappa shape index (κ1) is 27.9. The maximum atomic E-state index is 14.1. The quantitative estimate of drug-likeness (QED) is 0.496. The molecule has 0 spiro atoms. The van der Waals surface area contributed by atoms with Crippen LogP contribution in [0.25, 0.3) is 0 Å². The highest BCUT2D eigenvalue weighted by Gasteiger charge is 2.54. The first-order valence-electron chi connectivity index (χ1n) is 13.3. The summed E-state index contributed by atoms with van der Waals surface area (Å²) in [6.45, 7) is 9.61. The molecule has 1 unspecified atom stereocenters. The van der Waals surface area contributed by atoms with E-state index in [0.717, 1.165) is 19.3 Å². The van der Waals surface area contributed by atoms with E-state index >= 15 is 0 Å². The normalized spacial score (nSPS) is 27.2. The van der Waals surface area contributed by atoms with Crippen LogP contribution < -0.4 is 15.4 Å². The fraction of sp³-hybridized carbons (Fsp3) is 0.643. The smallest absolute Gasteiger partial charge is 0.310 e. The van der Waals surface area contributed by atoms with Gasteiger partial charge in [-0.3, -0.25) is 19.2 Å². The van der Waals surface area contributed by atoms with Crippen molar-refractivity contribution in [2.24, 2.45) is 11.3 Å². The van der Waals surface area contributed by atoms with Crippen molar-refractivity contribution in [1.29, 1.82) is 0 Å². The minimum Gasteiger partial charge on any atom is -0.496 e. The lowest BCUT2D eigenvalue weighted by Crippen LogP contribution is -2.62. The predicted octanol–water partition coefficient (Wildman–Crippen LogP) is 2.32. The molecule has 1 aromatic carbocycles. The monoisotopic (exact) mass is 529 g/mol. The Morgan fingerprint density at radius 2 is 1.95 bits per heavy atom. The zero-order chi connectivity index (χ0) is 27.8. The summed E-state index contributed by atoms with van der Waals surface area (Å²) in [7, 11) is 1.54. The van der Waals surface area contributed by atoms with Crippen LogP contribution in [0.15, 0.2) is 18.2 Å². The molecule has 2 saturated heterocycles. The van der Waals surface area contributed by atoms with Gasteiger partial charge in [0.05, 0.1) is 13.5 Å². The molecule has 4 rings (SSSR count). The summed E-state index contributed by atoms with van der Waals surface area (Å²) in [6.07, 6.45) is 1.57. The second kappa shape index (κ2) is 10.9. The molecule has 1 aromatic rings. The summed E-state index contributed by atoms with van der Waals surface area (Å²) < 4.78 is 16.0. The minimum atomic E-state index is -0.859. The Labute approximate surface area is 223 Å². The molecule has 6 atom stereocenters. The number of methoxy groups -OCH3 is 1. The summed E-state index contributed by atoms with van der Waals surface area (Å²) >= 11 is 0. The molecular weight excluding hydrogens is 490 g/mol. The van der Waals surface area contributed by atoms with Crippen LogP contribution in [0.3, 0.4) is 0 Å². The Morgan fingerprint density at radius 3 is 2.61 bits per heavy atom.